The highest BCUT2D eigenvalue weighted by molar-refractivity contribution is 7.09. The molecule has 2 aromatic carbocycles. The van der Waals surface area contributed by atoms with Crippen LogP contribution >= 0.6 is 11.3 Å². The lowest BCUT2D eigenvalue weighted by molar-refractivity contribution is -0.140. The zero-order valence-electron chi connectivity index (χ0n) is 17.2. The summed E-state index contributed by atoms with van der Waals surface area (Å²) < 4.78 is 5.66. The van der Waals surface area contributed by atoms with E-state index >= 15 is 0 Å². The maximum absolute atomic E-state index is 13.1. The molecule has 1 aliphatic heterocycles. The minimum atomic E-state index is -0.678. The zero-order valence-corrected chi connectivity index (χ0v) is 18.0. The molecular weight excluding hydrogens is 410 g/mol. The third-order valence-electron chi connectivity index (χ3n) is 5.14. The van der Waals surface area contributed by atoms with Gasteiger partial charge in [0, 0.05) is 10.4 Å². The Morgan fingerprint density at radius 3 is 2.58 bits per heavy atom. The number of thiophene rings is 1. The minimum Gasteiger partial charge on any atom is -0.507 e. The molecule has 2 heterocycles. The molecule has 1 atom stereocenters. The third kappa shape index (κ3) is 4.25. The monoisotopic (exact) mass is 433 g/mol. The quantitative estimate of drug-likeness (QED) is 0.318. The fraction of sp³-hybridized carbons (Fsp3) is 0.200. The van der Waals surface area contributed by atoms with Crippen LogP contribution in [-0.2, 0) is 16.1 Å². The fourth-order valence-electron chi connectivity index (χ4n) is 3.70. The molecule has 0 spiro atoms. The number of ketones is 1. The van der Waals surface area contributed by atoms with Crippen LogP contribution < -0.4 is 4.74 Å². The number of ether oxygens (including phenoxy) is 1. The van der Waals surface area contributed by atoms with Gasteiger partial charge in [0.1, 0.15) is 11.5 Å². The summed E-state index contributed by atoms with van der Waals surface area (Å²) in [7, 11) is 0. The van der Waals surface area contributed by atoms with Crippen molar-refractivity contribution in [1.29, 1.82) is 0 Å². The number of carbonyl (C=O) groups is 2. The third-order valence-corrected chi connectivity index (χ3v) is 6.00. The zero-order chi connectivity index (χ0) is 21.8. The molecule has 1 amide bonds. The van der Waals surface area contributed by atoms with Crippen molar-refractivity contribution in [2.24, 2.45) is 0 Å². The summed E-state index contributed by atoms with van der Waals surface area (Å²) in [6, 6.07) is 19.5. The maximum Gasteiger partial charge on any atom is 0.295 e. The van der Waals surface area contributed by atoms with Gasteiger partial charge in [-0.1, -0.05) is 55.5 Å². The Morgan fingerprint density at radius 2 is 1.87 bits per heavy atom. The first-order valence-electron chi connectivity index (χ1n) is 10.2. The summed E-state index contributed by atoms with van der Waals surface area (Å²) >= 11 is 1.53. The van der Waals surface area contributed by atoms with E-state index in [1.165, 1.54) is 16.2 Å². The Kier molecular flexibility index (Phi) is 6.18. The molecule has 1 saturated heterocycles. The number of rotatable bonds is 7. The van der Waals surface area contributed by atoms with Crippen LogP contribution in [0, 0.1) is 0 Å². The van der Waals surface area contributed by atoms with Crippen molar-refractivity contribution in [3.63, 3.8) is 0 Å². The van der Waals surface area contributed by atoms with E-state index in [-0.39, 0.29) is 11.3 Å². The van der Waals surface area contributed by atoms with E-state index in [4.69, 9.17) is 4.74 Å². The molecule has 1 unspecified atom stereocenters. The molecular formula is C25H23NO4S. The van der Waals surface area contributed by atoms with Crippen LogP contribution in [0.4, 0.5) is 0 Å². The minimum absolute atomic E-state index is 0.0976. The topological polar surface area (TPSA) is 66.8 Å². The Hall–Kier alpha value is -3.38. The second kappa shape index (κ2) is 9.18. The van der Waals surface area contributed by atoms with E-state index in [0.717, 1.165) is 16.9 Å². The first-order valence-corrected chi connectivity index (χ1v) is 11.1. The number of nitrogens with zero attached hydrogens (tertiary/aromatic N) is 1. The van der Waals surface area contributed by atoms with E-state index in [2.05, 4.69) is 0 Å². The van der Waals surface area contributed by atoms with Crippen LogP contribution in [-0.4, -0.2) is 28.3 Å². The number of amides is 1. The predicted octanol–water partition coefficient (Wildman–Crippen LogP) is 5.16. The predicted molar refractivity (Wildman–Crippen MR) is 121 cm³/mol. The maximum atomic E-state index is 13.1. The summed E-state index contributed by atoms with van der Waals surface area (Å²) in [6.45, 7) is 2.87. The summed E-state index contributed by atoms with van der Waals surface area (Å²) in [5, 5.41) is 13.1. The number of carbonyl (C=O) groups excluding carboxylic acids is 2. The van der Waals surface area contributed by atoms with Gasteiger partial charge in [-0.05, 0) is 35.6 Å². The Labute approximate surface area is 185 Å². The van der Waals surface area contributed by atoms with Crippen molar-refractivity contribution in [3.05, 3.63) is 93.7 Å². The van der Waals surface area contributed by atoms with Crippen LogP contribution in [0.5, 0.6) is 5.75 Å². The molecule has 1 N–H and O–H groups in total. The molecule has 6 heteroatoms. The number of Topliss-reactive ketones (excluding diaryl/α,β-unsaturated/α-hetero) is 1. The first kappa shape index (κ1) is 20.9. The van der Waals surface area contributed by atoms with Crippen molar-refractivity contribution in [2.75, 3.05) is 6.61 Å². The molecule has 0 radical (unpaired) electrons. The van der Waals surface area contributed by atoms with Gasteiger partial charge in [0.15, 0.2) is 0 Å². The Bertz CT molecular complexity index is 1110. The number of likely N-dealkylation sites (tertiary alicyclic amines) is 1. The highest BCUT2D eigenvalue weighted by Crippen LogP contribution is 2.40. The normalized spacial score (nSPS) is 17.8. The van der Waals surface area contributed by atoms with Gasteiger partial charge in [-0.25, -0.2) is 0 Å². The number of hydrogen-bond donors (Lipinski definition) is 1. The molecule has 31 heavy (non-hydrogen) atoms. The average Bonchev–Trinajstić information content (AvgIpc) is 3.40. The van der Waals surface area contributed by atoms with E-state index < -0.39 is 17.7 Å². The van der Waals surface area contributed by atoms with Crippen LogP contribution in [0.15, 0.2) is 77.7 Å². The van der Waals surface area contributed by atoms with Crippen LogP contribution in [0.25, 0.3) is 5.76 Å². The largest absolute Gasteiger partial charge is 0.507 e. The summed E-state index contributed by atoms with van der Waals surface area (Å²) in [6.07, 6.45) is 0.859. The lowest BCUT2D eigenvalue weighted by Crippen LogP contribution is -2.28. The Balaban J connectivity index is 1.80. The standard InChI is InChI=1S/C25H23NO4S/c1-2-13-30-19-11-6-10-18(15-19)23(27)21-22(17-8-4-3-5-9-17)26(25(29)24(21)28)16-20-12-7-14-31-20/h3-12,14-15,22,27H,2,13,16H2,1H3/b23-21-. The molecule has 158 valence electrons. The summed E-state index contributed by atoms with van der Waals surface area (Å²) in [4.78, 5) is 28.5. The highest BCUT2D eigenvalue weighted by Gasteiger charge is 2.46. The molecule has 1 aromatic heterocycles. The number of aliphatic hydroxyl groups is 1. The van der Waals surface area contributed by atoms with Crippen LogP contribution in [0.3, 0.4) is 0 Å². The van der Waals surface area contributed by atoms with Crippen molar-refractivity contribution in [3.8, 4) is 5.75 Å². The first-order chi connectivity index (χ1) is 15.1. The highest BCUT2D eigenvalue weighted by atomic mass is 32.1. The molecule has 1 fully saturated rings. The molecule has 5 nitrogen and oxygen atoms in total. The van der Waals surface area contributed by atoms with Crippen molar-refractivity contribution in [1.82, 2.24) is 4.90 Å². The molecule has 3 aromatic rings. The van der Waals surface area contributed by atoms with E-state index in [0.29, 0.717) is 24.5 Å². The molecule has 1 aliphatic rings. The van der Waals surface area contributed by atoms with Gasteiger partial charge in [-0.2, -0.15) is 0 Å². The van der Waals surface area contributed by atoms with Crippen LogP contribution in [0.2, 0.25) is 0 Å². The summed E-state index contributed by atoms with van der Waals surface area (Å²) in [5.41, 5.74) is 1.32. The number of aliphatic hydroxyl groups excluding tert-OH is 1. The number of hydrogen-bond acceptors (Lipinski definition) is 5. The second-order valence-electron chi connectivity index (χ2n) is 7.29. The molecule has 0 bridgehead atoms. The van der Waals surface area contributed by atoms with Crippen molar-refractivity contribution < 1.29 is 19.4 Å². The molecule has 0 aliphatic carbocycles. The van der Waals surface area contributed by atoms with Gasteiger partial charge >= 0.3 is 0 Å². The van der Waals surface area contributed by atoms with Gasteiger partial charge in [-0.3, -0.25) is 9.59 Å². The average molecular weight is 434 g/mol. The van der Waals surface area contributed by atoms with Gasteiger partial charge in [0.25, 0.3) is 11.7 Å². The van der Waals surface area contributed by atoms with Crippen LogP contribution in [0.1, 0.15) is 35.4 Å². The van der Waals surface area contributed by atoms with Gasteiger partial charge in [-0.15, -0.1) is 11.3 Å². The van der Waals surface area contributed by atoms with E-state index in [1.807, 2.05) is 54.8 Å². The Morgan fingerprint density at radius 1 is 1.06 bits per heavy atom. The van der Waals surface area contributed by atoms with Crippen molar-refractivity contribution in [2.45, 2.75) is 25.9 Å². The fourth-order valence-corrected chi connectivity index (χ4v) is 4.41. The lowest BCUT2D eigenvalue weighted by atomic mass is 9.95. The SMILES string of the molecule is CCCOc1cccc(/C(O)=C2/C(=O)C(=O)N(Cc3cccs3)C2c2ccccc2)c1. The van der Waals surface area contributed by atoms with Gasteiger partial charge < -0.3 is 14.7 Å². The van der Waals surface area contributed by atoms with Gasteiger partial charge in [0.2, 0.25) is 0 Å². The molecule has 0 saturated carbocycles. The second-order valence-corrected chi connectivity index (χ2v) is 8.33. The lowest BCUT2D eigenvalue weighted by Gasteiger charge is -2.25. The smallest absolute Gasteiger partial charge is 0.295 e. The van der Waals surface area contributed by atoms with Crippen molar-refractivity contribution >= 4 is 28.8 Å². The van der Waals surface area contributed by atoms with E-state index in [9.17, 15) is 14.7 Å². The molecule has 4 rings (SSSR count). The van der Waals surface area contributed by atoms with E-state index in [1.54, 1.807) is 24.3 Å². The number of benzene rings is 2. The summed E-state index contributed by atoms with van der Waals surface area (Å²) in [5.74, 6) is -0.872. The van der Waals surface area contributed by atoms with Gasteiger partial charge in [0.05, 0.1) is 24.8 Å².